The molecule has 0 saturated heterocycles. The standard InChI is InChI=1S/C17H18O7/c1-20-12-6-10-8(16(22-3)14(12)18)5-9-11(24-10)7-13(21-2)15(19)17(9)23-4/h6-7,18-19H,5H2,1-4H3. The zero-order chi connectivity index (χ0) is 17.4. The van der Waals surface area contributed by atoms with Crippen LogP contribution in [0.3, 0.4) is 0 Å². The van der Waals surface area contributed by atoms with E-state index in [9.17, 15) is 10.2 Å². The van der Waals surface area contributed by atoms with Crippen LogP contribution in [0.1, 0.15) is 11.1 Å². The molecule has 1 heterocycles. The van der Waals surface area contributed by atoms with Gasteiger partial charge in [0.15, 0.2) is 23.0 Å². The molecule has 24 heavy (non-hydrogen) atoms. The van der Waals surface area contributed by atoms with Crippen LogP contribution in [0.2, 0.25) is 0 Å². The Morgan fingerprint density at radius 3 is 1.50 bits per heavy atom. The van der Waals surface area contributed by atoms with Crippen LogP contribution in [0.5, 0.6) is 46.0 Å². The second-order valence-electron chi connectivity index (χ2n) is 5.15. The number of hydrogen-bond acceptors (Lipinski definition) is 7. The highest BCUT2D eigenvalue weighted by Crippen LogP contribution is 2.54. The average Bonchev–Trinajstić information content (AvgIpc) is 2.59. The second-order valence-corrected chi connectivity index (χ2v) is 5.15. The molecule has 0 bridgehead atoms. The average molecular weight is 334 g/mol. The third-order valence-electron chi connectivity index (χ3n) is 3.99. The van der Waals surface area contributed by atoms with Gasteiger partial charge in [0.05, 0.1) is 28.4 Å². The minimum atomic E-state index is -0.109. The van der Waals surface area contributed by atoms with Crippen LogP contribution in [0.4, 0.5) is 0 Å². The summed E-state index contributed by atoms with van der Waals surface area (Å²) < 4.78 is 26.8. The first-order valence-corrected chi connectivity index (χ1v) is 7.17. The Morgan fingerprint density at radius 1 is 0.750 bits per heavy atom. The number of benzene rings is 2. The largest absolute Gasteiger partial charge is 0.502 e. The lowest BCUT2D eigenvalue weighted by atomic mass is 9.97. The summed E-state index contributed by atoms with van der Waals surface area (Å²) >= 11 is 0. The molecule has 2 aromatic carbocycles. The maximum Gasteiger partial charge on any atom is 0.201 e. The van der Waals surface area contributed by atoms with Crippen molar-refractivity contribution in [3.63, 3.8) is 0 Å². The summed E-state index contributed by atoms with van der Waals surface area (Å²) in [6.45, 7) is 0. The molecule has 128 valence electrons. The molecule has 0 spiro atoms. The van der Waals surface area contributed by atoms with E-state index < -0.39 is 0 Å². The van der Waals surface area contributed by atoms with Crippen molar-refractivity contribution in [2.75, 3.05) is 28.4 Å². The van der Waals surface area contributed by atoms with Crippen molar-refractivity contribution >= 4 is 0 Å². The van der Waals surface area contributed by atoms with E-state index >= 15 is 0 Å². The number of fused-ring (bicyclic) bond motifs is 2. The second kappa shape index (κ2) is 5.92. The summed E-state index contributed by atoms with van der Waals surface area (Å²) in [5, 5.41) is 20.5. The van der Waals surface area contributed by atoms with Crippen LogP contribution in [-0.4, -0.2) is 38.7 Å². The highest BCUT2D eigenvalue weighted by Gasteiger charge is 2.30. The maximum atomic E-state index is 10.2. The van der Waals surface area contributed by atoms with E-state index in [4.69, 9.17) is 23.7 Å². The van der Waals surface area contributed by atoms with Crippen molar-refractivity contribution in [1.29, 1.82) is 0 Å². The van der Waals surface area contributed by atoms with E-state index in [2.05, 4.69) is 0 Å². The van der Waals surface area contributed by atoms with E-state index in [1.165, 1.54) is 28.4 Å². The zero-order valence-corrected chi connectivity index (χ0v) is 13.8. The highest BCUT2D eigenvalue weighted by molar-refractivity contribution is 5.69. The van der Waals surface area contributed by atoms with Gasteiger partial charge in [0.25, 0.3) is 0 Å². The summed E-state index contributed by atoms with van der Waals surface area (Å²) in [5.74, 6) is 1.76. The molecule has 3 rings (SSSR count). The first kappa shape index (κ1) is 15.9. The van der Waals surface area contributed by atoms with Crippen LogP contribution in [0.15, 0.2) is 12.1 Å². The molecule has 0 aliphatic carbocycles. The van der Waals surface area contributed by atoms with Crippen molar-refractivity contribution in [3.05, 3.63) is 23.3 Å². The molecule has 2 aromatic rings. The quantitative estimate of drug-likeness (QED) is 0.758. The number of phenolic OH excluding ortho intramolecular Hbond substituents is 2. The normalized spacial score (nSPS) is 11.8. The van der Waals surface area contributed by atoms with Crippen LogP contribution in [0, 0.1) is 0 Å². The Labute approximate surface area is 138 Å². The summed E-state index contributed by atoms with van der Waals surface area (Å²) in [4.78, 5) is 0. The smallest absolute Gasteiger partial charge is 0.201 e. The Bertz CT molecular complexity index is 733. The maximum absolute atomic E-state index is 10.2. The third kappa shape index (κ3) is 2.20. The predicted octanol–water partition coefficient (Wildman–Crippen LogP) is 2.83. The van der Waals surface area contributed by atoms with Gasteiger partial charge in [0.2, 0.25) is 11.5 Å². The van der Waals surface area contributed by atoms with Gasteiger partial charge in [0.1, 0.15) is 11.5 Å². The van der Waals surface area contributed by atoms with E-state index in [0.717, 1.165) is 0 Å². The van der Waals surface area contributed by atoms with Crippen molar-refractivity contribution in [1.82, 2.24) is 0 Å². The molecule has 0 aromatic heterocycles. The lowest BCUT2D eigenvalue weighted by Crippen LogP contribution is -2.08. The lowest BCUT2D eigenvalue weighted by molar-refractivity contribution is 0.321. The summed E-state index contributed by atoms with van der Waals surface area (Å²) in [5.41, 5.74) is 1.26. The van der Waals surface area contributed by atoms with Gasteiger partial charge in [-0.05, 0) is 0 Å². The topological polar surface area (TPSA) is 86.6 Å². The fourth-order valence-electron chi connectivity index (χ4n) is 2.85. The molecular weight excluding hydrogens is 316 g/mol. The Hall–Kier alpha value is -2.96. The van der Waals surface area contributed by atoms with E-state index in [1.54, 1.807) is 12.1 Å². The van der Waals surface area contributed by atoms with Crippen LogP contribution >= 0.6 is 0 Å². The summed E-state index contributed by atoms with van der Waals surface area (Å²) in [6.07, 6.45) is 0.339. The van der Waals surface area contributed by atoms with Gasteiger partial charge in [-0.15, -0.1) is 0 Å². The fraction of sp³-hybridized carbons (Fsp3) is 0.294. The SMILES string of the molecule is COc1cc2c(c(OC)c1O)Cc1c(cc(OC)c(O)c1OC)O2. The number of methoxy groups -OCH3 is 4. The molecule has 1 aliphatic rings. The molecule has 0 unspecified atom stereocenters. The summed E-state index contributed by atoms with van der Waals surface area (Å²) in [6, 6.07) is 3.17. The van der Waals surface area contributed by atoms with Gasteiger partial charge in [-0.25, -0.2) is 0 Å². The number of ether oxygens (including phenoxy) is 5. The summed E-state index contributed by atoms with van der Waals surface area (Å²) in [7, 11) is 5.80. The molecule has 7 heteroatoms. The molecule has 0 atom stereocenters. The van der Waals surface area contributed by atoms with E-state index in [1.807, 2.05) is 0 Å². The van der Waals surface area contributed by atoms with E-state index in [-0.39, 0.29) is 34.5 Å². The predicted molar refractivity (Wildman–Crippen MR) is 85.3 cm³/mol. The van der Waals surface area contributed by atoms with E-state index in [0.29, 0.717) is 29.0 Å². The van der Waals surface area contributed by atoms with Gasteiger partial charge in [-0.2, -0.15) is 0 Å². The molecule has 0 saturated carbocycles. The lowest BCUT2D eigenvalue weighted by Gasteiger charge is -2.26. The minimum Gasteiger partial charge on any atom is -0.502 e. The fourth-order valence-corrected chi connectivity index (χ4v) is 2.85. The molecular formula is C17H18O7. The molecule has 0 radical (unpaired) electrons. The van der Waals surface area contributed by atoms with Crippen molar-refractivity contribution in [2.45, 2.75) is 6.42 Å². The molecule has 7 nitrogen and oxygen atoms in total. The molecule has 2 N–H and O–H groups in total. The number of aromatic hydroxyl groups is 2. The Balaban J connectivity index is 2.21. The third-order valence-corrected chi connectivity index (χ3v) is 3.99. The van der Waals surface area contributed by atoms with Gasteiger partial charge < -0.3 is 33.9 Å². The highest BCUT2D eigenvalue weighted by atomic mass is 16.5. The van der Waals surface area contributed by atoms with Crippen LogP contribution < -0.4 is 23.7 Å². The monoisotopic (exact) mass is 334 g/mol. The number of rotatable bonds is 4. The Kier molecular flexibility index (Phi) is 3.92. The first-order valence-electron chi connectivity index (χ1n) is 7.17. The van der Waals surface area contributed by atoms with Gasteiger partial charge in [0, 0.05) is 29.7 Å². The van der Waals surface area contributed by atoms with Crippen molar-refractivity contribution < 1.29 is 33.9 Å². The van der Waals surface area contributed by atoms with Gasteiger partial charge in [-0.3, -0.25) is 0 Å². The first-order chi connectivity index (χ1) is 11.5. The van der Waals surface area contributed by atoms with Crippen LogP contribution in [0.25, 0.3) is 0 Å². The molecule has 1 aliphatic heterocycles. The van der Waals surface area contributed by atoms with Crippen molar-refractivity contribution in [2.24, 2.45) is 0 Å². The van der Waals surface area contributed by atoms with Gasteiger partial charge >= 0.3 is 0 Å². The minimum absolute atomic E-state index is 0.109. The van der Waals surface area contributed by atoms with Gasteiger partial charge in [-0.1, -0.05) is 0 Å². The van der Waals surface area contributed by atoms with Crippen LogP contribution in [-0.2, 0) is 6.42 Å². The molecule has 0 amide bonds. The zero-order valence-electron chi connectivity index (χ0n) is 13.8. The number of phenols is 2. The molecule has 0 fully saturated rings. The number of hydrogen-bond donors (Lipinski definition) is 2. The van der Waals surface area contributed by atoms with Crippen molar-refractivity contribution in [3.8, 4) is 46.0 Å². The Morgan fingerprint density at radius 2 is 1.17 bits per heavy atom.